The number of likely N-dealkylation sites (tertiary alicyclic amines) is 1. The molecule has 0 saturated carbocycles. The molecule has 8 nitrogen and oxygen atoms in total. The average Bonchev–Trinajstić information content (AvgIpc) is 3.31. The summed E-state index contributed by atoms with van der Waals surface area (Å²) in [5, 5.41) is 1.07. The third-order valence-corrected chi connectivity index (χ3v) is 6.34. The van der Waals surface area contributed by atoms with Gasteiger partial charge in [-0.2, -0.15) is 0 Å². The lowest BCUT2D eigenvalue weighted by Crippen LogP contribution is -2.50. The summed E-state index contributed by atoms with van der Waals surface area (Å²) in [6.07, 6.45) is 5.33. The first-order valence-electron chi connectivity index (χ1n) is 10.8. The lowest BCUT2D eigenvalue weighted by atomic mass is 9.99. The van der Waals surface area contributed by atoms with Crippen LogP contribution in [0, 0.1) is 0 Å². The standard InChI is InChI=1S/C23H27N7O/c1-4-29-19(11-15-6-5-9-25-20(15)29)22-27-18-10-16(12-26-21(18)28(22)3)23(31)30-13-17(24)8-7-14(30)2/h5-6,9-12,14,17H,4,7-8,13,24H2,1-3H3/t14-,17+/m0/s1. The van der Waals surface area contributed by atoms with E-state index in [-0.39, 0.29) is 18.0 Å². The Hall–Kier alpha value is -3.26. The summed E-state index contributed by atoms with van der Waals surface area (Å²) in [6.45, 7) is 5.53. The first kappa shape index (κ1) is 19.7. The van der Waals surface area contributed by atoms with Gasteiger partial charge in [0.25, 0.3) is 5.91 Å². The fourth-order valence-corrected chi connectivity index (χ4v) is 4.60. The minimum absolute atomic E-state index is 0.0304. The molecular formula is C23H27N7O. The number of aryl methyl sites for hydroxylation is 2. The molecular weight excluding hydrogens is 390 g/mol. The van der Waals surface area contributed by atoms with E-state index in [1.807, 2.05) is 28.6 Å². The van der Waals surface area contributed by atoms with Gasteiger partial charge in [-0.05, 0) is 51.0 Å². The summed E-state index contributed by atoms with van der Waals surface area (Å²) in [4.78, 5) is 29.0. The van der Waals surface area contributed by atoms with Crippen LogP contribution in [-0.4, -0.2) is 53.5 Å². The van der Waals surface area contributed by atoms with E-state index in [9.17, 15) is 4.79 Å². The molecule has 0 aromatic carbocycles. The van der Waals surface area contributed by atoms with Gasteiger partial charge in [-0.3, -0.25) is 4.79 Å². The predicted octanol–water partition coefficient (Wildman–Crippen LogP) is 2.96. The molecule has 2 atom stereocenters. The summed E-state index contributed by atoms with van der Waals surface area (Å²) < 4.78 is 4.13. The molecule has 0 radical (unpaired) electrons. The number of hydrogen-bond acceptors (Lipinski definition) is 5. The third-order valence-electron chi connectivity index (χ3n) is 6.34. The Bertz CT molecular complexity index is 1290. The Morgan fingerprint density at radius 3 is 2.87 bits per heavy atom. The second kappa shape index (κ2) is 7.46. The van der Waals surface area contributed by atoms with Crippen LogP contribution in [0.3, 0.4) is 0 Å². The van der Waals surface area contributed by atoms with E-state index in [4.69, 9.17) is 10.7 Å². The summed E-state index contributed by atoms with van der Waals surface area (Å²) in [5.41, 5.74) is 10.0. The molecule has 160 valence electrons. The van der Waals surface area contributed by atoms with Crippen molar-refractivity contribution >= 4 is 28.1 Å². The van der Waals surface area contributed by atoms with Crippen LogP contribution in [0.1, 0.15) is 37.0 Å². The van der Waals surface area contributed by atoms with Gasteiger partial charge in [-0.25, -0.2) is 15.0 Å². The zero-order valence-corrected chi connectivity index (χ0v) is 18.1. The number of hydrogen-bond donors (Lipinski definition) is 1. The number of nitrogens with zero attached hydrogens (tertiary/aromatic N) is 6. The highest BCUT2D eigenvalue weighted by atomic mass is 16.2. The molecule has 1 aliphatic rings. The number of piperidine rings is 1. The lowest BCUT2D eigenvalue weighted by Gasteiger charge is -2.36. The van der Waals surface area contributed by atoms with Crippen LogP contribution in [0.25, 0.3) is 33.7 Å². The van der Waals surface area contributed by atoms with Crippen molar-refractivity contribution in [2.75, 3.05) is 6.54 Å². The molecule has 2 N–H and O–H groups in total. The fraction of sp³-hybridized carbons (Fsp3) is 0.391. The Labute approximate surface area is 180 Å². The Morgan fingerprint density at radius 1 is 1.23 bits per heavy atom. The van der Waals surface area contributed by atoms with Gasteiger partial charge in [0.05, 0.1) is 11.3 Å². The molecule has 4 aromatic rings. The highest BCUT2D eigenvalue weighted by Gasteiger charge is 2.28. The van der Waals surface area contributed by atoms with Gasteiger partial charge in [0.2, 0.25) is 0 Å². The maximum atomic E-state index is 13.2. The maximum absolute atomic E-state index is 13.2. The van der Waals surface area contributed by atoms with Crippen molar-refractivity contribution in [2.45, 2.75) is 45.3 Å². The molecule has 5 heterocycles. The van der Waals surface area contributed by atoms with E-state index < -0.39 is 0 Å². The Morgan fingerprint density at radius 2 is 2.06 bits per heavy atom. The molecule has 31 heavy (non-hydrogen) atoms. The summed E-state index contributed by atoms with van der Waals surface area (Å²) >= 11 is 0. The topological polar surface area (TPSA) is 94.9 Å². The quantitative estimate of drug-likeness (QED) is 0.553. The first-order chi connectivity index (χ1) is 15.0. The molecule has 0 aliphatic carbocycles. The number of rotatable bonds is 3. The minimum atomic E-state index is -0.0314. The molecule has 1 fully saturated rings. The SMILES string of the molecule is CCn1c(-c2nc3cc(C(=O)N4C[C@H](N)CC[C@@H]4C)cnc3n2C)cc2cccnc21. The van der Waals surface area contributed by atoms with Gasteiger partial charge < -0.3 is 19.8 Å². The maximum Gasteiger partial charge on any atom is 0.255 e. The van der Waals surface area contributed by atoms with Crippen LogP contribution in [-0.2, 0) is 13.6 Å². The zero-order chi connectivity index (χ0) is 21.7. The molecule has 1 amide bonds. The van der Waals surface area contributed by atoms with Crippen molar-refractivity contribution in [1.29, 1.82) is 0 Å². The van der Waals surface area contributed by atoms with Crippen molar-refractivity contribution in [1.82, 2.24) is 29.0 Å². The van der Waals surface area contributed by atoms with Gasteiger partial charge in [-0.15, -0.1) is 0 Å². The summed E-state index contributed by atoms with van der Waals surface area (Å²) in [6, 6.07) is 8.15. The third kappa shape index (κ3) is 3.18. The molecule has 0 bridgehead atoms. The fourth-order valence-electron chi connectivity index (χ4n) is 4.60. The zero-order valence-electron chi connectivity index (χ0n) is 18.1. The number of aromatic nitrogens is 5. The van der Waals surface area contributed by atoms with E-state index in [0.717, 1.165) is 47.6 Å². The average molecular weight is 418 g/mol. The number of pyridine rings is 2. The van der Waals surface area contributed by atoms with Crippen LogP contribution < -0.4 is 5.73 Å². The molecule has 1 aliphatic heterocycles. The van der Waals surface area contributed by atoms with E-state index in [1.165, 1.54) is 0 Å². The molecule has 4 aromatic heterocycles. The van der Waals surface area contributed by atoms with Gasteiger partial charge in [-0.1, -0.05) is 0 Å². The predicted molar refractivity (Wildman–Crippen MR) is 121 cm³/mol. The highest BCUT2D eigenvalue weighted by Crippen LogP contribution is 2.29. The van der Waals surface area contributed by atoms with Crippen molar-refractivity contribution in [2.24, 2.45) is 12.8 Å². The summed E-state index contributed by atoms with van der Waals surface area (Å²) in [7, 11) is 1.95. The van der Waals surface area contributed by atoms with E-state index in [0.29, 0.717) is 17.6 Å². The van der Waals surface area contributed by atoms with Crippen molar-refractivity contribution < 1.29 is 4.79 Å². The molecule has 1 saturated heterocycles. The molecule has 0 unspecified atom stereocenters. The number of fused-ring (bicyclic) bond motifs is 2. The van der Waals surface area contributed by atoms with E-state index in [2.05, 4.69) is 40.5 Å². The second-order valence-corrected chi connectivity index (χ2v) is 8.40. The van der Waals surface area contributed by atoms with Crippen LogP contribution in [0.15, 0.2) is 36.7 Å². The largest absolute Gasteiger partial charge is 0.334 e. The number of imidazole rings is 1. The van der Waals surface area contributed by atoms with Crippen LogP contribution in [0.4, 0.5) is 0 Å². The molecule has 8 heteroatoms. The number of carbonyl (C=O) groups is 1. The van der Waals surface area contributed by atoms with Crippen LogP contribution in [0.5, 0.6) is 0 Å². The van der Waals surface area contributed by atoms with Gasteiger partial charge in [0.1, 0.15) is 11.2 Å². The number of carbonyl (C=O) groups excluding carboxylic acids is 1. The van der Waals surface area contributed by atoms with Crippen LogP contribution >= 0.6 is 0 Å². The van der Waals surface area contributed by atoms with Gasteiger partial charge in [0, 0.05) is 50.0 Å². The number of amides is 1. The monoisotopic (exact) mass is 417 g/mol. The van der Waals surface area contributed by atoms with Gasteiger partial charge in [0.15, 0.2) is 11.5 Å². The normalized spacial score (nSPS) is 19.4. The number of nitrogens with two attached hydrogens (primary N) is 1. The molecule has 0 spiro atoms. The molecule has 5 rings (SSSR count). The van der Waals surface area contributed by atoms with E-state index in [1.54, 1.807) is 12.4 Å². The second-order valence-electron chi connectivity index (χ2n) is 8.40. The first-order valence-corrected chi connectivity index (χ1v) is 10.8. The minimum Gasteiger partial charge on any atom is -0.334 e. The summed E-state index contributed by atoms with van der Waals surface area (Å²) in [5.74, 6) is 0.774. The Balaban J connectivity index is 1.57. The highest BCUT2D eigenvalue weighted by molar-refractivity contribution is 5.97. The lowest BCUT2D eigenvalue weighted by molar-refractivity contribution is 0.0612. The van der Waals surface area contributed by atoms with Crippen LogP contribution in [0.2, 0.25) is 0 Å². The van der Waals surface area contributed by atoms with Crippen molar-refractivity contribution in [3.8, 4) is 11.5 Å². The van der Waals surface area contributed by atoms with Crippen molar-refractivity contribution in [3.63, 3.8) is 0 Å². The smallest absolute Gasteiger partial charge is 0.255 e. The van der Waals surface area contributed by atoms with Crippen molar-refractivity contribution in [3.05, 3.63) is 42.2 Å². The van der Waals surface area contributed by atoms with E-state index >= 15 is 0 Å². The van der Waals surface area contributed by atoms with Gasteiger partial charge >= 0.3 is 0 Å². The Kier molecular flexibility index (Phi) is 4.74.